The quantitative estimate of drug-likeness (QED) is 0.780. The molecule has 0 aliphatic carbocycles. The molecule has 0 radical (unpaired) electrons. The average molecular weight is 303 g/mol. The van der Waals surface area contributed by atoms with Gasteiger partial charge in [-0.3, -0.25) is 0 Å². The normalized spacial score (nSPS) is 11.9. The topological polar surface area (TPSA) is 42.1 Å². The van der Waals surface area contributed by atoms with Gasteiger partial charge in [-0.1, -0.05) is 66.7 Å². The van der Waals surface area contributed by atoms with Crippen molar-refractivity contribution in [1.82, 2.24) is 4.98 Å². The van der Waals surface area contributed by atoms with Crippen LogP contribution in [-0.4, -0.2) is 12.0 Å². The van der Waals surface area contributed by atoms with E-state index in [0.29, 0.717) is 0 Å². The SMILES string of the molecule is CN(Cc1ccccc1)c1ccc([C@H](N)c2ccccc2)cn1. The number of hydrogen-bond acceptors (Lipinski definition) is 3. The van der Waals surface area contributed by atoms with Gasteiger partial charge in [-0.2, -0.15) is 0 Å². The summed E-state index contributed by atoms with van der Waals surface area (Å²) in [5.74, 6) is 0.942. The molecule has 3 heteroatoms. The number of benzene rings is 2. The van der Waals surface area contributed by atoms with E-state index >= 15 is 0 Å². The van der Waals surface area contributed by atoms with Gasteiger partial charge in [0.1, 0.15) is 5.82 Å². The lowest BCUT2D eigenvalue weighted by molar-refractivity contribution is 0.851. The van der Waals surface area contributed by atoms with Crippen molar-refractivity contribution < 1.29 is 0 Å². The maximum atomic E-state index is 6.31. The summed E-state index contributed by atoms with van der Waals surface area (Å²) in [7, 11) is 2.05. The standard InChI is InChI=1S/C20H21N3/c1-23(15-16-8-4-2-5-9-16)19-13-12-18(14-22-19)20(21)17-10-6-3-7-11-17/h2-14,20H,15,21H2,1H3/t20-/m1/s1. The molecule has 0 spiro atoms. The van der Waals surface area contributed by atoms with E-state index in [2.05, 4.69) is 40.2 Å². The highest BCUT2D eigenvalue weighted by Gasteiger charge is 2.10. The predicted octanol–water partition coefficient (Wildman–Crippen LogP) is 3.77. The first-order valence-electron chi connectivity index (χ1n) is 7.75. The van der Waals surface area contributed by atoms with Crippen LogP contribution in [0.5, 0.6) is 0 Å². The fourth-order valence-electron chi connectivity index (χ4n) is 2.60. The second kappa shape index (κ2) is 7.07. The first-order chi connectivity index (χ1) is 11.2. The zero-order chi connectivity index (χ0) is 16.1. The first-order valence-corrected chi connectivity index (χ1v) is 7.75. The van der Waals surface area contributed by atoms with E-state index in [9.17, 15) is 0 Å². The summed E-state index contributed by atoms with van der Waals surface area (Å²) >= 11 is 0. The molecular weight excluding hydrogens is 282 g/mol. The van der Waals surface area contributed by atoms with E-state index < -0.39 is 0 Å². The van der Waals surface area contributed by atoms with Gasteiger partial charge in [0, 0.05) is 19.8 Å². The molecule has 0 fully saturated rings. The van der Waals surface area contributed by atoms with Crippen LogP contribution in [0.4, 0.5) is 5.82 Å². The molecule has 0 saturated heterocycles. The number of aromatic nitrogens is 1. The summed E-state index contributed by atoms with van der Waals surface area (Å²) in [6.45, 7) is 0.831. The molecule has 0 bridgehead atoms. The summed E-state index contributed by atoms with van der Waals surface area (Å²) in [5, 5.41) is 0. The lowest BCUT2D eigenvalue weighted by atomic mass is 10.0. The van der Waals surface area contributed by atoms with E-state index in [1.165, 1.54) is 5.56 Å². The van der Waals surface area contributed by atoms with E-state index in [1.807, 2.05) is 55.7 Å². The maximum Gasteiger partial charge on any atom is 0.128 e. The Balaban J connectivity index is 1.72. The van der Waals surface area contributed by atoms with E-state index in [4.69, 9.17) is 5.73 Å². The minimum absolute atomic E-state index is 0.142. The molecule has 3 rings (SSSR count). The van der Waals surface area contributed by atoms with Gasteiger partial charge < -0.3 is 10.6 Å². The largest absolute Gasteiger partial charge is 0.355 e. The van der Waals surface area contributed by atoms with Crippen LogP contribution in [-0.2, 0) is 6.54 Å². The van der Waals surface area contributed by atoms with Gasteiger partial charge in [0.15, 0.2) is 0 Å². The molecule has 0 unspecified atom stereocenters. The fourth-order valence-corrected chi connectivity index (χ4v) is 2.60. The molecule has 0 amide bonds. The zero-order valence-electron chi connectivity index (χ0n) is 13.3. The Labute approximate surface area is 137 Å². The summed E-state index contributed by atoms with van der Waals surface area (Å²) < 4.78 is 0. The Morgan fingerprint density at radius 1 is 0.870 bits per heavy atom. The third-order valence-corrected chi connectivity index (χ3v) is 3.94. The lowest BCUT2D eigenvalue weighted by Crippen LogP contribution is -2.18. The van der Waals surface area contributed by atoms with E-state index in [0.717, 1.165) is 23.5 Å². The number of pyridine rings is 1. The van der Waals surface area contributed by atoms with Crippen molar-refractivity contribution in [3.05, 3.63) is 95.7 Å². The number of nitrogens with two attached hydrogens (primary N) is 1. The van der Waals surface area contributed by atoms with Crippen LogP contribution < -0.4 is 10.6 Å². The van der Waals surface area contributed by atoms with Crippen molar-refractivity contribution in [3.8, 4) is 0 Å². The van der Waals surface area contributed by atoms with Gasteiger partial charge in [0.25, 0.3) is 0 Å². The average Bonchev–Trinajstić information content (AvgIpc) is 2.63. The molecule has 2 aromatic carbocycles. The van der Waals surface area contributed by atoms with E-state index in [-0.39, 0.29) is 6.04 Å². The molecule has 1 heterocycles. The van der Waals surface area contributed by atoms with Gasteiger partial charge in [-0.05, 0) is 22.8 Å². The fraction of sp³-hybridized carbons (Fsp3) is 0.150. The molecule has 2 N–H and O–H groups in total. The van der Waals surface area contributed by atoms with Gasteiger partial charge in [0.2, 0.25) is 0 Å². The summed E-state index contributed by atoms with van der Waals surface area (Å²) in [5.41, 5.74) is 9.70. The molecule has 116 valence electrons. The molecule has 1 atom stereocenters. The highest BCUT2D eigenvalue weighted by molar-refractivity contribution is 5.41. The molecule has 3 aromatic rings. The lowest BCUT2D eigenvalue weighted by Gasteiger charge is -2.19. The summed E-state index contributed by atoms with van der Waals surface area (Å²) in [6.07, 6.45) is 1.87. The Morgan fingerprint density at radius 3 is 2.13 bits per heavy atom. The molecule has 0 aliphatic rings. The number of anilines is 1. The second-order valence-electron chi connectivity index (χ2n) is 5.68. The maximum absolute atomic E-state index is 6.31. The van der Waals surface area contributed by atoms with Gasteiger partial charge in [0.05, 0.1) is 6.04 Å². The first kappa shape index (κ1) is 15.3. The predicted molar refractivity (Wildman–Crippen MR) is 95.3 cm³/mol. The van der Waals surface area contributed by atoms with Crippen molar-refractivity contribution in [2.75, 3.05) is 11.9 Å². The van der Waals surface area contributed by atoms with Crippen LogP contribution in [0.15, 0.2) is 79.0 Å². The molecular formula is C20H21N3. The Bertz CT molecular complexity index is 724. The van der Waals surface area contributed by atoms with Crippen molar-refractivity contribution in [2.45, 2.75) is 12.6 Å². The van der Waals surface area contributed by atoms with Crippen molar-refractivity contribution in [3.63, 3.8) is 0 Å². The van der Waals surface area contributed by atoms with Crippen LogP contribution in [0.3, 0.4) is 0 Å². The van der Waals surface area contributed by atoms with Crippen LogP contribution in [0.25, 0.3) is 0 Å². The van der Waals surface area contributed by atoms with Gasteiger partial charge in [-0.15, -0.1) is 0 Å². The monoisotopic (exact) mass is 303 g/mol. The Hall–Kier alpha value is -2.65. The van der Waals surface area contributed by atoms with Crippen molar-refractivity contribution in [1.29, 1.82) is 0 Å². The molecule has 1 aromatic heterocycles. The summed E-state index contributed by atoms with van der Waals surface area (Å²) in [4.78, 5) is 6.70. The molecule has 0 aliphatic heterocycles. The molecule has 23 heavy (non-hydrogen) atoms. The Kier molecular flexibility index (Phi) is 4.69. The minimum atomic E-state index is -0.142. The zero-order valence-corrected chi connectivity index (χ0v) is 13.3. The number of hydrogen-bond donors (Lipinski definition) is 1. The third-order valence-electron chi connectivity index (χ3n) is 3.94. The molecule has 0 saturated carbocycles. The van der Waals surface area contributed by atoms with E-state index in [1.54, 1.807) is 0 Å². The van der Waals surface area contributed by atoms with Crippen LogP contribution in [0.1, 0.15) is 22.7 Å². The van der Waals surface area contributed by atoms with Crippen LogP contribution in [0, 0.1) is 0 Å². The van der Waals surface area contributed by atoms with Crippen LogP contribution in [0.2, 0.25) is 0 Å². The summed E-state index contributed by atoms with van der Waals surface area (Å²) in [6, 6.07) is 24.4. The van der Waals surface area contributed by atoms with Crippen molar-refractivity contribution >= 4 is 5.82 Å². The second-order valence-corrected chi connectivity index (χ2v) is 5.68. The van der Waals surface area contributed by atoms with Crippen LogP contribution >= 0.6 is 0 Å². The van der Waals surface area contributed by atoms with Crippen molar-refractivity contribution in [2.24, 2.45) is 5.73 Å². The Morgan fingerprint density at radius 2 is 1.52 bits per heavy atom. The van der Waals surface area contributed by atoms with Gasteiger partial charge in [-0.25, -0.2) is 4.98 Å². The molecule has 3 nitrogen and oxygen atoms in total. The number of nitrogens with zero attached hydrogens (tertiary/aromatic N) is 2. The highest BCUT2D eigenvalue weighted by atomic mass is 15.2. The number of rotatable bonds is 5. The third kappa shape index (κ3) is 3.76. The highest BCUT2D eigenvalue weighted by Crippen LogP contribution is 2.21. The van der Waals surface area contributed by atoms with Gasteiger partial charge >= 0.3 is 0 Å². The minimum Gasteiger partial charge on any atom is -0.355 e. The smallest absolute Gasteiger partial charge is 0.128 e.